The number of nitrogens with zero attached hydrogens (tertiary/aromatic N) is 1. The molecule has 1 aromatic carbocycles. The summed E-state index contributed by atoms with van der Waals surface area (Å²) in [5.41, 5.74) is 0.362. The van der Waals surface area contributed by atoms with Crippen LogP contribution in [0.2, 0.25) is 0 Å². The van der Waals surface area contributed by atoms with Crippen molar-refractivity contribution in [2.24, 2.45) is 5.92 Å². The molecule has 1 fully saturated rings. The van der Waals surface area contributed by atoms with Crippen molar-refractivity contribution in [2.75, 3.05) is 26.7 Å². The summed E-state index contributed by atoms with van der Waals surface area (Å²) in [6.07, 6.45) is 0.965. The molecule has 2 N–H and O–H groups in total. The van der Waals surface area contributed by atoms with Crippen molar-refractivity contribution >= 4 is 10.0 Å². The van der Waals surface area contributed by atoms with E-state index in [1.54, 1.807) is 0 Å². The topological polar surface area (TPSA) is 91.2 Å². The van der Waals surface area contributed by atoms with Gasteiger partial charge in [0.15, 0.2) is 0 Å². The summed E-state index contributed by atoms with van der Waals surface area (Å²) >= 11 is 0. The second-order valence-corrected chi connectivity index (χ2v) is 6.42. The van der Waals surface area contributed by atoms with Crippen LogP contribution in [-0.2, 0) is 10.0 Å². The first-order chi connectivity index (χ1) is 9.56. The number of methoxy groups -OCH3 is 1. The van der Waals surface area contributed by atoms with Crippen LogP contribution >= 0.6 is 0 Å². The summed E-state index contributed by atoms with van der Waals surface area (Å²) in [5, 5.41) is 12.0. The lowest BCUT2D eigenvalue weighted by Crippen LogP contribution is -2.30. The molecule has 0 saturated carbocycles. The summed E-state index contributed by atoms with van der Waals surface area (Å²) in [7, 11) is -2.24. The number of ether oxygens (including phenoxy) is 1. The first kappa shape index (κ1) is 14.8. The molecule has 1 heterocycles. The van der Waals surface area contributed by atoms with Crippen LogP contribution in [0.3, 0.4) is 0 Å². The van der Waals surface area contributed by atoms with Crippen molar-refractivity contribution in [1.29, 1.82) is 5.26 Å². The fraction of sp³-hybridized carbons (Fsp3) is 0.462. The minimum atomic E-state index is -3.63. The predicted molar refractivity (Wildman–Crippen MR) is 73.9 cm³/mol. The van der Waals surface area contributed by atoms with Gasteiger partial charge in [-0.1, -0.05) is 0 Å². The van der Waals surface area contributed by atoms with Crippen molar-refractivity contribution in [1.82, 2.24) is 10.0 Å². The number of hydrogen-bond donors (Lipinski definition) is 2. The highest BCUT2D eigenvalue weighted by Gasteiger charge is 2.22. The Bertz CT molecular complexity index is 616. The van der Waals surface area contributed by atoms with Crippen LogP contribution in [0.4, 0.5) is 0 Å². The molecule has 108 valence electrons. The van der Waals surface area contributed by atoms with Crippen LogP contribution in [-0.4, -0.2) is 35.2 Å². The number of hydrogen-bond acceptors (Lipinski definition) is 5. The maximum absolute atomic E-state index is 12.3. The van der Waals surface area contributed by atoms with Crippen LogP contribution in [0.25, 0.3) is 0 Å². The monoisotopic (exact) mass is 295 g/mol. The molecule has 1 unspecified atom stereocenters. The summed E-state index contributed by atoms with van der Waals surface area (Å²) in [5.74, 6) is 0.496. The average Bonchev–Trinajstić information content (AvgIpc) is 2.97. The van der Waals surface area contributed by atoms with Gasteiger partial charge in [-0.05, 0) is 43.6 Å². The van der Waals surface area contributed by atoms with E-state index in [9.17, 15) is 8.42 Å². The number of nitriles is 1. The summed E-state index contributed by atoms with van der Waals surface area (Å²) in [4.78, 5) is 0.0601. The minimum absolute atomic E-state index is 0.0601. The highest BCUT2D eigenvalue weighted by atomic mass is 32.2. The fourth-order valence-electron chi connectivity index (χ4n) is 2.15. The number of benzene rings is 1. The minimum Gasteiger partial charge on any atom is -0.495 e. The van der Waals surface area contributed by atoms with Gasteiger partial charge in [-0.3, -0.25) is 0 Å². The van der Waals surface area contributed by atoms with E-state index in [0.29, 0.717) is 18.0 Å². The third kappa shape index (κ3) is 3.28. The van der Waals surface area contributed by atoms with Crippen LogP contribution < -0.4 is 14.8 Å². The highest BCUT2D eigenvalue weighted by Crippen LogP contribution is 2.24. The van der Waals surface area contributed by atoms with Crippen LogP contribution in [0, 0.1) is 17.2 Å². The molecule has 0 spiro atoms. The molecule has 1 atom stereocenters. The van der Waals surface area contributed by atoms with Gasteiger partial charge in [0, 0.05) is 6.54 Å². The van der Waals surface area contributed by atoms with E-state index in [0.717, 1.165) is 19.5 Å². The third-order valence-electron chi connectivity index (χ3n) is 3.31. The molecular formula is C13H17N3O3S. The summed E-state index contributed by atoms with van der Waals surface area (Å²) < 4.78 is 32.2. The second-order valence-electron chi connectivity index (χ2n) is 4.69. The van der Waals surface area contributed by atoms with E-state index in [-0.39, 0.29) is 10.6 Å². The van der Waals surface area contributed by atoms with Crippen LogP contribution in [0.1, 0.15) is 12.0 Å². The molecule has 0 aliphatic carbocycles. The normalized spacial score (nSPS) is 18.7. The lowest BCUT2D eigenvalue weighted by atomic mass is 10.1. The summed E-state index contributed by atoms with van der Waals surface area (Å²) in [6.45, 7) is 2.15. The van der Waals surface area contributed by atoms with Crippen molar-refractivity contribution in [3.63, 3.8) is 0 Å². The average molecular weight is 295 g/mol. The molecule has 1 saturated heterocycles. The third-order valence-corrected chi connectivity index (χ3v) is 4.77. The molecule has 7 heteroatoms. The van der Waals surface area contributed by atoms with Crippen molar-refractivity contribution in [3.05, 3.63) is 23.8 Å². The zero-order valence-electron chi connectivity index (χ0n) is 11.2. The quantitative estimate of drug-likeness (QED) is 0.823. The predicted octanol–water partition coefficient (Wildman–Crippen LogP) is 0.455. The molecule has 20 heavy (non-hydrogen) atoms. The van der Waals surface area contributed by atoms with Crippen molar-refractivity contribution < 1.29 is 13.2 Å². The number of sulfonamides is 1. The maximum atomic E-state index is 12.3. The Balaban J connectivity index is 2.18. The Morgan fingerprint density at radius 3 is 2.95 bits per heavy atom. The Morgan fingerprint density at radius 2 is 2.35 bits per heavy atom. The van der Waals surface area contributed by atoms with Gasteiger partial charge in [0.2, 0.25) is 10.0 Å². The van der Waals surface area contributed by atoms with Crippen LogP contribution in [0.5, 0.6) is 5.75 Å². The molecule has 0 bridgehead atoms. The van der Waals surface area contributed by atoms with Gasteiger partial charge in [0.05, 0.1) is 18.7 Å². The maximum Gasteiger partial charge on any atom is 0.244 e. The number of rotatable bonds is 5. The number of nitrogens with one attached hydrogen (secondary N) is 2. The van der Waals surface area contributed by atoms with Gasteiger partial charge < -0.3 is 10.1 Å². The zero-order chi connectivity index (χ0) is 14.6. The Hall–Kier alpha value is -1.62. The second kappa shape index (κ2) is 6.22. The molecule has 1 aliphatic rings. The lowest BCUT2D eigenvalue weighted by Gasteiger charge is -2.13. The summed E-state index contributed by atoms with van der Waals surface area (Å²) in [6, 6.07) is 6.24. The largest absolute Gasteiger partial charge is 0.495 e. The SMILES string of the molecule is COc1cc(C#N)ccc1S(=O)(=O)NCC1CCNC1. The first-order valence-corrected chi connectivity index (χ1v) is 7.83. The molecule has 0 radical (unpaired) electrons. The highest BCUT2D eigenvalue weighted by molar-refractivity contribution is 7.89. The van der Waals surface area contributed by atoms with Crippen LogP contribution in [0.15, 0.2) is 23.1 Å². The van der Waals surface area contributed by atoms with E-state index in [4.69, 9.17) is 10.00 Å². The molecule has 1 aromatic rings. The van der Waals surface area contributed by atoms with Crippen molar-refractivity contribution in [3.8, 4) is 11.8 Å². The van der Waals surface area contributed by atoms with Gasteiger partial charge in [0.1, 0.15) is 10.6 Å². The van der Waals surface area contributed by atoms with E-state index < -0.39 is 10.0 Å². The Labute approximate surface area is 118 Å². The molecular weight excluding hydrogens is 278 g/mol. The molecule has 0 aromatic heterocycles. The Kier molecular flexibility index (Phi) is 4.60. The van der Waals surface area contributed by atoms with E-state index in [2.05, 4.69) is 10.0 Å². The smallest absolute Gasteiger partial charge is 0.244 e. The van der Waals surface area contributed by atoms with Gasteiger partial charge in [-0.15, -0.1) is 0 Å². The van der Waals surface area contributed by atoms with Gasteiger partial charge in [-0.2, -0.15) is 5.26 Å². The zero-order valence-corrected chi connectivity index (χ0v) is 12.0. The van der Waals surface area contributed by atoms with Gasteiger partial charge in [0.25, 0.3) is 0 Å². The molecule has 6 nitrogen and oxygen atoms in total. The van der Waals surface area contributed by atoms with Crippen molar-refractivity contribution in [2.45, 2.75) is 11.3 Å². The lowest BCUT2D eigenvalue weighted by molar-refractivity contribution is 0.402. The molecule has 0 amide bonds. The van der Waals surface area contributed by atoms with Gasteiger partial charge in [-0.25, -0.2) is 13.1 Å². The van der Waals surface area contributed by atoms with E-state index >= 15 is 0 Å². The molecule has 1 aliphatic heterocycles. The first-order valence-electron chi connectivity index (χ1n) is 6.35. The fourth-order valence-corrected chi connectivity index (χ4v) is 3.42. The standard InChI is InChI=1S/C13H17N3O3S/c1-19-12-6-10(7-14)2-3-13(12)20(17,18)16-9-11-4-5-15-8-11/h2-3,6,11,15-16H,4-5,8-9H2,1H3. The van der Waals surface area contributed by atoms with Gasteiger partial charge >= 0.3 is 0 Å². The van der Waals surface area contributed by atoms with E-state index in [1.807, 2.05) is 6.07 Å². The Morgan fingerprint density at radius 1 is 1.55 bits per heavy atom. The van der Waals surface area contributed by atoms with E-state index in [1.165, 1.54) is 25.3 Å². The molecule has 2 rings (SSSR count).